The van der Waals surface area contributed by atoms with E-state index in [4.69, 9.17) is 14.5 Å². The molecule has 25 heavy (non-hydrogen) atoms. The van der Waals surface area contributed by atoms with E-state index < -0.39 is 0 Å². The van der Waals surface area contributed by atoms with Gasteiger partial charge in [0.25, 0.3) is 0 Å². The molecule has 146 valence electrons. The van der Waals surface area contributed by atoms with E-state index in [0.29, 0.717) is 11.5 Å². The molecule has 0 aromatic heterocycles. The monoisotopic (exact) mass is 466 g/mol. The van der Waals surface area contributed by atoms with Crippen LogP contribution in [0.15, 0.2) is 4.99 Å². The van der Waals surface area contributed by atoms with Crippen LogP contribution in [-0.2, 0) is 9.47 Å². The molecule has 0 bridgehead atoms. The number of hydrogen-bond acceptors (Lipinski definition) is 4. The predicted molar refractivity (Wildman–Crippen MR) is 112 cm³/mol. The zero-order chi connectivity index (χ0) is 16.8. The van der Waals surface area contributed by atoms with E-state index in [1.165, 1.54) is 32.2 Å². The van der Waals surface area contributed by atoms with E-state index in [9.17, 15) is 0 Å². The standard InChI is InChI=1S/C18H34N4O2.HI/c1-3-19-17(22-9-6-18(14-22)7-11-24-15-18)20-13-16-5-4-8-21(16)10-12-23-2;/h16H,3-15H2,1-2H3,(H,19,20);1H. The van der Waals surface area contributed by atoms with Gasteiger partial charge < -0.3 is 19.7 Å². The second kappa shape index (κ2) is 10.3. The average Bonchev–Trinajstić information content (AvgIpc) is 3.32. The molecule has 0 aliphatic carbocycles. The Morgan fingerprint density at radius 2 is 2.24 bits per heavy atom. The Kier molecular flexibility index (Phi) is 8.71. The quantitative estimate of drug-likeness (QED) is 0.368. The number of halogens is 1. The summed E-state index contributed by atoms with van der Waals surface area (Å²) >= 11 is 0. The van der Waals surface area contributed by atoms with Crippen LogP contribution in [0.25, 0.3) is 0 Å². The molecule has 2 atom stereocenters. The number of guanidine groups is 1. The Hall–Kier alpha value is -0.120. The first-order chi connectivity index (χ1) is 11.8. The Balaban J connectivity index is 0.00000225. The van der Waals surface area contributed by atoms with Gasteiger partial charge in [-0.3, -0.25) is 9.89 Å². The van der Waals surface area contributed by atoms with Gasteiger partial charge in [0.1, 0.15) is 0 Å². The van der Waals surface area contributed by atoms with Crippen molar-refractivity contribution in [1.82, 2.24) is 15.1 Å². The fourth-order valence-corrected chi connectivity index (χ4v) is 4.31. The van der Waals surface area contributed by atoms with Crippen LogP contribution in [-0.4, -0.2) is 88.0 Å². The summed E-state index contributed by atoms with van der Waals surface area (Å²) in [4.78, 5) is 9.98. The first kappa shape index (κ1) is 21.2. The lowest BCUT2D eigenvalue weighted by atomic mass is 9.87. The first-order valence-corrected chi connectivity index (χ1v) is 9.60. The van der Waals surface area contributed by atoms with Gasteiger partial charge >= 0.3 is 0 Å². The third kappa shape index (κ3) is 5.43. The lowest BCUT2D eigenvalue weighted by Crippen LogP contribution is -2.42. The maximum atomic E-state index is 5.66. The molecule has 3 aliphatic rings. The summed E-state index contributed by atoms with van der Waals surface area (Å²) in [5.41, 5.74) is 0.383. The number of hydrogen-bond donors (Lipinski definition) is 1. The lowest BCUT2D eigenvalue weighted by molar-refractivity contribution is 0.142. The van der Waals surface area contributed by atoms with Crippen molar-refractivity contribution in [2.24, 2.45) is 10.4 Å². The van der Waals surface area contributed by atoms with E-state index >= 15 is 0 Å². The van der Waals surface area contributed by atoms with Gasteiger partial charge in [0.15, 0.2) is 5.96 Å². The number of ether oxygens (including phenoxy) is 2. The predicted octanol–water partition coefficient (Wildman–Crippen LogP) is 1.79. The summed E-state index contributed by atoms with van der Waals surface area (Å²) in [6.45, 7) is 11.1. The number of aliphatic imine (C=N–C) groups is 1. The first-order valence-electron chi connectivity index (χ1n) is 9.60. The van der Waals surface area contributed by atoms with E-state index in [2.05, 4.69) is 22.0 Å². The maximum Gasteiger partial charge on any atom is 0.193 e. The van der Waals surface area contributed by atoms with Crippen molar-refractivity contribution in [3.8, 4) is 0 Å². The molecule has 7 heteroatoms. The number of nitrogens with one attached hydrogen (secondary N) is 1. The third-order valence-corrected chi connectivity index (χ3v) is 5.79. The topological polar surface area (TPSA) is 49.3 Å². The molecule has 2 unspecified atom stereocenters. The molecular weight excluding hydrogens is 431 g/mol. The summed E-state index contributed by atoms with van der Waals surface area (Å²) in [6.07, 6.45) is 4.98. The van der Waals surface area contributed by atoms with Crippen LogP contribution in [0.5, 0.6) is 0 Å². The zero-order valence-electron chi connectivity index (χ0n) is 15.8. The molecule has 1 N–H and O–H groups in total. The van der Waals surface area contributed by atoms with Crippen LogP contribution in [0.2, 0.25) is 0 Å². The Morgan fingerprint density at radius 1 is 1.36 bits per heavy atom. The van der Waals surface area contributed by atoms with Gasteiger partial charge in [-0.1, -0.05) is 0 Å². The second-order valence-electron chi connectivity index (χ2n) is 7.49. The van der Waals surface area contributed by atoms with E-state index in [1.54, 1.807) is 7.11 Å². The maximum absolute atomic E-state index is 5.66. The van der Waals surface area contributed by atoms with Crippen molar-refractivity contribution in [3.63, 3.8) is 0 Å². The fraction of sp³-hybridized carbons (Fsp3) is 0.944. The zero-order valence-corrected chi connectivity index (χ0v) is 18.2. The summed E-state index contributed by atoms with van der Waals surface area (Å²) in [7, 11) is 1.78. The van der Waals surface area contributed by atoms with Gasteiger partial charge in [0.2, 0.25) is 0 Å². The van der Waals surface area contributed by atoms with Crippen LogP contribution in [0, 0.1) is 5.41 Å². The molecule has 3 rings (SSSR count). The number of nitrogens with zero attached hydrogens (tertiary/aromatic N) is 3. The van der Waals surface area contributed by atoms with Gasteiger partial charge in [-0.25, -0.2) is 0 Å². The highest BCUT2D eigenvalue weighted by atomic mass is 127. The van der Waals surface area contributed by atoms with Gasteiger partial charge in [-0.2, -0.15) is 0 Å². The van der Waals surface area contributed by atoms with Gasteiger partial charge in [0, 0.05) is 51.4 Å². The van der Waals surface area contributed by atoms with Crippen molar-refractivity contribution in [3.05, 3.63) is 0 Å². The highest BCUT2D eigenvalue weighted by Crippen LogP contribution is 2.38. The minimum Gasteiger partial charge on any atom is -0.383 e. The minimum absolute atomic E-state index is 0. The second-order valence-corrected chi connectivity index (χ2v) is 7.49. The Labute approximate surface area is 169 Å². The number of methoxy groups -OCH3 is 1. The van der Waals surface area contributed by atoms with E-state index in [1.807, 2.05) is 0 Å². The average molecular weight is 466 g/mol. The summed E-state index contributed by atoms with van der Waals surface area (Å²) < 4.78 is 10.9. The van der Waals surface area contributed by atoms with Crippen LogP contribution in [0.1, 0.15) is 32.6 Å². The molecule has 1 spiro atoms. The highest BCUT2D eigenvalue weighted by molar-refractivity contribution is 14.0. The Bertz CT molecular complexity index is 429. The van der Waals surface area contributed by atoms with Crippen LogP contribution >= 0.6 is 24.0 Å². The third-order valence-electron chi connectivity index (χ3n) is 5.79. The summed E-state index contributed by atoms with van der Waals surface area (Å²) in [6, 6.07) is 0.570. The summed E-state index contributed by atoms with van der Waals surface area (Å²) in [5.74, 6) is 1.10. The number of rotatable bonds is 6. The van der Waals surface area contributed by atoms with Crippen molar-refractivity contribution < 1.29 is 9.47 Å². The molecule has 3 heterocycles. The van der Waals surface area contributed by atoms with E-state index in [0.717, 1.165) is 58.5 Å². The lowest BCUT2D eigenvalue weighted by Gasteiger charge is -2.26. The van der Waals surface area contributed by atoms with Crippen LogP contribution in [0.4, 0.5) is 0 Å². The molecule has 3 aliphatic heterocycles. The molecular formula is C18H35IN4O2. The smallest absolute Gasteiger partial charge is 0.193 e. The highest BCUT2D eigenvalue weighted by Gasteiger charge is 2.42. The SMILES string of the molecule is CCNC(=NCC1CCCN1CCOC)N1CCC2(CCOC2)C1.I. The number of likely N-dealkylation sites (tertiary alicyclic amines) is 2. The molecule has 0 aromatic rings. The van der Waals surface area contributed by atoms with E-state index in [-0.39, 0.29) is 24.0 Å². The molecule has 0 radical (unpaired) electrons. The molecule has 0 amide bonds. The van der Waals surface area contributed by atoms with Crippen molar-refractivity contribution >= 4 is 29.9 Å². The minimum atomic E-state index is 0. The molecule has 6 nitrogen and oxygen atoms in total. The van der Waals surface area contributed by atoms with Crippen molar-refractivity contribution in [2.45, 2.75) is 38.6 Å². The molecule has 0 aromatic carbocycles. The normalized spacial score (nSPS) is 30.2. The van der Waals surface area contributed by atoms with Crippen LogP contribution in [0.3, 0.4) is 0 Å². The van der Waals surface area contributed by atoms with Crippen molar-refractivity contribution in [1.29, 1.82) is 0 Å². The molecule has 3 saturated heterocycles. The largest absolute Gasteiger partial charge is 0.383 e. The fourth-order valence-electron chi connectivity index (χ4n) is 4.31. The van der Waals surface area contributed by atoms with Crippen molar-refractivity contribution in [2.75, 3.05) is 66.2 Å². The molecule has 3 fully saturated rings. The van der Waals surface area contributed by atoms with Crippen LogP contribution < -0.4 is 5.32 Å². The molecule has 0 saturated carbocycles. The van der Waals surface area contributed by atoms with Gasteiger partial charge in [-0.15, -0.1) is 24.0 Å². The Morgan fingerprint density at radius 3 is 2.96 bits per heavy atom. The van der Waals surface area contributed by atoms with Gasteiger partial charge in [0.05, 0.1) is 19.8 Å². The summed E-state index contributed by atoms with van der Waals surface area (Å²) in [5, 5.41) is 3.50. The van der Waals surface area contributed by atoms with Gasteiger partial charge in [-0.05, 0) is 39.2 Å².